The maximum Gasteiger partial charge on any atom is 0.345 e. The van der Waals surface area contributed by atoms with Crippen LogP contribution in [0.3, 0.4) is 0 Å². The molecule has 1 saturated heterocycles. The van der Waals surface area contributed by atoms with Gasteiger partial charge in [0.15, 0.2) is 0 Å². The Kier molecular flexibility index (Phi) is 3.51. The van der Waals surface area contributed by atoms with E-state index in [0.717, 1.165) is 0 Å². The van der Waals surface area contributed by atoms with Crippen molar-refractivity contribution in [2.75, 3.05) is 6.54 Å². The summed E-state index contributed by atoms with van der Waals surface area (Å²) in [6, 6.07) is 7.71. The molecule has 5 nitrogen and oxygen atoms in total. The van der Waals surface area contributed by atoms with Crippen LogP contribution in [0.4, 0.5) is 0 Å². The second kappa shape index (κ2) is 5.07. The summed E-state index contributed by atoms with van der Waals surface area (Å²) in [7, 11) is 0. The lowest BCUT2D eigenvalue weighted by molar-refractivity contribution is -0.140. The van der Waals surface area contributed by atoms with Crippen molar-refractivity contribution in [2.45, 2.75) is 18.6 Å². The van der Waals surface area contributed by atoms with E-state index in [1.54, 1.807) is 30.3 Å². The van der Waals surface area contributed by atoms with Crippen LogP contribution in [0.2, 0.25) is 0 Å². The highest BCUT2D eigenvalue weighted by Gasteiger charge is 2.30. The van der Waals surface area contributed by atoms with Gasteiger partial charge in [-0.3, -0.25) is 0 Å². The van der Waals surface area contributed by atoms with E-state index in [1.807, 2.05) is 0 Å². The maximum absolute atomic E-state index is 11.6. The van der Waals surface area contributed by atoms with E-state index in [4.69, 9.17) is 4.74 Å². The van der Waals surface area contributed by atoms with Gasteiger partial charge in [0.2, 0.25) is 0 Å². The van der Waals surface area contributed by atoms with E-state index < -0.39 is 24.1 Å². The summed E-state index contributed by atoms with van der Waals surface area (Å²) in [6.07, 6.45) is -0.277. The van der Waals surface area contributed by atoms with E-state index >= 15 is 0 Å². The number of carbonyl (C=O) groups excluding carboxylic acids is 2. The molecule has 0 unspecified atom stereocenters. The van der Waals surface area contributed by atoms with Gasteiger partial charge in [-0.1, -0.05) is 18.2 Å². The number of aliphatic hydroxyl groups is 1. The molecule has 2 rings (SSSR count). The lowest BCUT2D eigenvalue weighted by Gasteiger charge is -2.08. The van der Waals surface area contributed by atoms with Crippen molar-refractivity contribution in [3.63, 3.8) is 0 Å². The molecule has 1 aromatic carbocycles. The zero-order chi connectivity index (χ0) is 12.3. The molecule has 1 fully saturated rings. The van der Waals surface area contributed by atoms with Crippen molar-refractivity contribution in [1.29, 1.82) is 0 Å². The van der Waals surface area contributed by atoms with E-state index in [9.17, 15) is 14.7 Å². The number of benzene rings is 1. The topological polar surface area (TPSA) is 75.6 Å². The van der Waals surface area contributed by atoms with Crippen LogP contribution in [-0.2, 0) is 9.53 Å². The number of hydrogen-bond acceptors (Lipinski definition) is 5. The lowest BCUT2D eigenvalue weighted by Crippen LogP contribution is -2.33. The van der Waals surface area contributed by atoms with Crippen LogP contribution in [0, 0.1) is 0 Å². The fourth-order valence-corrected chi connectivity index (χ4v) is 1.69. The van der Waals surface area contributed by atoms with Crippen molar-refractivity contribution in [2.24, 2.45) is 0 Å². The molecule has 0 aliphatic carbocycles. The van der Waals surface area contributed by atoms with E-state index in [2.05, 4.69) is 5.32 Å². The molecular formula is C12H13NO4. The predicted octanol–water partition coefficient (Wildman–Crippen LogP) is 0.0928. The van der Waals surface area contributed by atoms with Crippen LogP contribution in [0.15, 0.2) is 30.3 Å². The summed E-state index contributed by atoms with van der Waals surface area (Å²) in [5, 5.41) is 12.0. The Balaban J connectivity index is 1.93. The first kappa shape index (κ1) is 11.8. The average Bonchev–Trinajstić information content (AvgIpc) is 2.77. The normalized spacial score (nSPS) is 23.4. The summed E-state index contributed by atoms with van der Waals surface area (Å²) in [5.41, 5.74) is 0.333. The quantitative estimate of drug-likeness (QED) is 0.561. The molecule has 0 spiro atoms. The third-order valence-electron chi connectivity index (χ3n) is 2.59. The van der Waals surface area contributed by atoms with Gasteiger partial charge in [-0.25, -0.2) is 9.59 Å². The molecule has 5 heteroatoms. The van der Waals surface area contributed by atoms with Gasteiger partial charge in [-0.2, -0.15) is 0 Å². The minimum Gasteiger partial charge on any atom is -0.392 e. The van der Waals surface area contributed by atoms with Crippen molar-refractivity contribution in [3.05, 3.63) is 35.9 Å². The van der Waals surface area contributed by atoms with E-state index in [0.29, 0.717) is 12.1 Å². The Morgan fingerprint density at radius 2 is 2.00 bits per heavy atom. The van der Waals surface area contributed by atoms with Gasteiger partial charge >= 0.3 is 11.9 Å². The molecule has 0 saturated carbocycles. The maximum atomic E-state index is 11.6. The van der Waals surface area contributed by atoms with Gasteiger partial charge in [0.25, 0.3) is 0 Å². The summed E-state index contributed by atoms with van der Waals surface area (Å²) < 4.78 is 4.72. The van der Waals surface area contributed by atoms with Crippen molar-refractivity contribution < 1.29 is 19.4 Å². The molecule has 1 aromatic rings. The second-order valence-corrected chi connectivity index (χ2v) is 3.92. The van der Waals surface area contributed by atoms with Gasteiger partial charge in [0.1, 0.15) is 6.04 Å². The number of esters is 2. The number of carbonyl (C=O) groups is 2. The van der Waals surface area contributed by atoms with Crippen molar-refractivity contribution in [3.8, 4) is 0 Å². The molecule has 90 valence electrons. The Morgan fingerprint density at radius 1 is 1.29 bits per heavy atom. The summed E-state index contributed by atoms with van der Waals surface area (Å²) in [6.45, 7) is 0.347. The predicted molar refractivity (Wildman–Crippen MR) is 59.3 cm³/mol. The Labute approximate surface area is 98.4 Å². The molecule has 2 N–H and O–H groups in total. The number of rotatable bonds is 2. The number of β-amino-alcohol motifs (C(OH)–C–C–N with tert-alkyl or cyclic N) is 1. The Hall–Kier alpha value is -1.72. The summed E-state index contributed by atoms with van der Waals surface area (Å²) in [5.74, 6) is -1.31. The molecule has 0 aromatic heterocycles. The summed E-state index contributed by atoms with van der Waals surface area (Å²) in [4.78, 5) is 23.1. The van der Waals surface area contributed by atoms with Crippen LogP contribution >= 0.6 is 0 Å². The van der Waals surface area contributed by atoms with Gasteiger partial charge < -0.3 is 15.2 Å². The summed E-state index contributed by atoms with van der Waals surface area (Å²) >= 11 is 0. The fourth-order valence-electron chi connectivity index (χ4n) is 1.69. The third kappa shape index (κ3) is 2.89. The lowest BCUT2D eigenvalue weighted by atomic mass is 10.2. The standard InChI is InChI=1S/C12H13NO4/c14-9-6-10(13-7-9)12(16)17-11(15)8-4-2-1-3-5-8/h1-5,9-10,13-14H,6-7H2/t9-,10+/m1/s1. The van der Waals surface area contributed by atoms with Crippen LogP contribution < -0.4 is 5.32 Å². The number of aliphatic hydroxyl groups excluding tert-OH is 1. The minimum atomic E-state index is -0.668. The first-order chi connectivity index (χ1) is 8.16. The van der Waals surface area contributed by atoms with Crippen molar-refractivity contribution >= 4 is 11.9 Å². The fraction of sp³-hybridized carbons (Fsp3) is 0.333. The van der Waals surface area contributed by atoms with Gasteiger partial charge in [-0.05, 0) is 12.1 Å². The van der Waals surface area contributed by atoms with Gasteiger partial charge in [0, 0.05) is 13.0 Å². The number of ether oxygens (including phenoxy) is 1. The van der Waals surface area contributed by atoms with Crippen molar-refractivity contribution in [1.82, 2.24) is 5.32 Å². The van der Waals surface area contributed by atoms with Crippen LogP contribution in [-0.4, -0.2) is 35.7 Å². The molecule has 0 amide bonds. The Bertz CT molecular complexity index is 418. The number of nitrogens with one attached hydrogen (secondary N) is 1. The van der Waals surface area contributed by atoms with Gasteiger partial charge in [0.05, 0.1) is 11.7 Å². The highest BCUT2D eigenvalue weighted by Crippen LogP contribution is 2.09. The third-order valence-corrected chi connectivity index (χ3v) is 2.59. The minimum absolute atomic E-state index is 0.279. The van der Waals surface area contributed by atoms with Crippen LogP contribution in [0.5, 0.6) is 0 Å². The highest BCUT2D eigenvalue weighted by atomic mass is 16.6. The molecule has 0 radical (unpaired) electrons. The van der Waals surface area contributed by atoms with Crippen LogP contribution in [0.25, 0.3) is 0 Å². The first-order valence-electron chi connectivity index (χ1n) is 5.39. The SMILES string of the molecule is O=C(OC(=O)[C@@H]1C[C@@H](O)CN1)c1ccccc1. The first-order valence-corrected chi connectivity index (χ1v) is 5.39. The molecule has 1 aliphatic heterocycles. The molecule has 17 heavy (non-hydrogen) atoms. The van der Waals surface area contributed by atoms with Gasteiger partial charge in [-0.15, -0.1) is 0 Å². The zero-order valence-corrected chi connectivity index (χ0v) is 9.13. The molecular weight excluding hydrogens is 222 g/mol. The van der Waals surface area contributed by atoms with Crippen LogP contribution in [0.1, 0.15) is 16.8 Å². The second-order valence-electron chi connectivity index (χ2n) is 3.92. The Morgan fingerprint density at radius 3 is 2.59 bits per heavy atom. The van der Waals surface area contributed by atoms with E-state index in [-0.39, 0.29) is 6.42 Å². The largest absolute Gasteiger partial charge is 0.392 e. The number of hydrogen-bond donors (Lipinski definition) is 2. The molecule has 0 bridgehead atoms. The molecule has 2 atom stereocenters. The van der Waals surface area contributed by atoms with E-state index in [1.165, 1.54) is 0 Å². The zero-order valence-electron chi connectivity index (χ0n) is 9.13. The highest BCUT2D eigenvalue weighted by molar-refractivity contribution is 5.98. The average molecular weight is 235 g/mol. The monoisotopic (exact) mass is 235 g/mol. The molecule has 1 heterocycles. The smallest absolute Gasteiger partial charge is 0.345 e. The molecule has 1 aliphatic rings.